The number of hydrogen-bond donors (Lipinski definition) is 1. The summed E-state index contributed by atoms with van der Waals surface area (Å²) in [5.74, 6) is 1.20. The number of hydrogen-bond acceptors (Lipinski definition) is 4. The van der Waals surface area contributed by atoms with Crippen LogP contribution in [0.4, 0.5) is 5.82 Å². The number of pyridine rings is 1. The van der Waals surface area contributed by atoms with Crippen molar-refractivity contribution in [2.75, 3.05) is 5.73 Å². The first-order valence-electron chi connectivity index (χ1n) is 6.48. The summed E-state index contributed by atoms with van der Waals surface area (Å²) in [5, 5.41) is 0. The molecule has 1 aromatic heterocycles. The van der Waals surface area contributed by atoms with Gasteiger partial charge in [-0.15, -0.1) is 0 Å². The molecule has 0 radical (unpaired) electrons. The second kappa shape index (κ2) is 5.38. The third-order valence-electron chi connectivity index (χ3n) is 3.39. The number of anilines is 1. The molecule has 1 aromatic rings. The summed E-state index contributed by atoms with van der Waals surface area (Å²) in [5.41, 5.74) is 5.85. The molecule has 0 spiro atoms. The Balaban J connectivity index is 1.99. The van der Waals surface area contributed by atoms with Gasteiger partial charge in [-0.2, -0.15) is 0 Å². The fourth-order valence-electron chi connectivity index (χ4n) is 2.75. The highest BCUT2D eigenvalue weighted by Gasteiger charge is 2.27. The molecule has 2 atom stereocenters. The SMILES string of the molecule is CC1CC(C)CC(OC(=O)c2cccc(N)n2)C1. The van der Waals surface area contributed by atoms with Gasteiger partial charge in [-0.25, -0.2) is 9.78 Å². The number of esters is 1. The van der Waals surface area contributed by atoms with Crippen LogP contribution in [0.3, 0.4) is 0 Å². The van der Waals surface area contributed by atoms with E-state index in [4.69, 9.17) is 10.5 Å². The van der Waals surface area contributed by atoms with Gasteiger partial charge in [-0.3, -0.25) is 0 Å². The van der Waals surface area contributed by atoms with E-state index in [1.807, 2.05) is 0 Å². The molecule has 2 unspecified atom stereocenters. The second-order valence-electron chi connectivity index (χ2n) is 5.39. The lowest BCUT2D eigenvalue weighted by molar-refractivity contribution is 0.00746. The van der Waals surface area contributed by atoms with Crippen molar-refractivity contribution >= 4 is 11.8 Å². The standard InChI is InChI=1S/C14H20N2O2/c1-9-6-10(2)8-11(7-9)18-14(17)12-4-3-5-13(15)16-12/h3-5,9-11H,6-8H2,1-2H3,(H2,15,16). The van der Waals surface area contributed by atoms with Crippen LogP contribution in [0, 0.1) is 11.8 Å². The number of nitrogens with two attached hydrogens (primary N) is 1. The topological polar surface area (TPSA) is 65.2 Å². The summed E-state index contributed by atoms with van der Waals surface area (Å²) in [4.78, 5) is 15.9. The maximum absolute atomic E-state index is 11.9. The minimum atomic E-state index is -0.367. The number of nitrogens with zero attached hydrogens (tertiary/aromatic N) is 1. The molecule has 0 amide bonds. The minimum Gasteiger partial charge on any atom is -0.458 e. The van der Waals surface area contributed by atoms with Gasteiger partial charge < -0.3 is 10.5 Å². The number of aromatic nitrogens is 1. The van der Waals surface area contributed by atoms with Gasteiger partial charge in [0.25, 0.3) is 0 Å². The van der Waals surface area contributed by atoms with Gasteiger partial charge >= 0.3 is 5.97 Å². The summed E-state index contributed by atoms with van der Waals surface area (Å²) >= 11 is 0. The summed E-state index contributed by atoms with van der Waals surface area (Å²) in [7, 11) is 0. The lowest BCUT2D eigenvalue weighted by Crippen LogP contribution is -2.28. The Labute approximate surface area is 108 Å². The maximum atomic E-state index is 11.9. The average molecular weight is 248 g/mol. The minimum absolute atomic E-state index is 0.0134. The number of carbonyl (C=O) groups is 1. The smallest absolute Gasteiger partial charge is 0.357 e. The molecule has 1 heterocycles. The number of nitrogen functional groups attached to an aromatic ring is 1. The Bertz CT molecular complexity index is 424. The number of carbonyl (C=O) groups excluding carboxylic acids is 1. The number of rotatable bonds is 2. The Kier molecular flexibility index (Phi) is 3.84. The van der Waals surface area contributed by atoms with E-state index in [0.29, 0.717) is 23.3 Å². The highest BCUT2D eigenvalue weighted by molar-refractivity contribution is 5.87. The lowest BCUT2D eigenvalue weighted by atomic mass is 9.82. The predicted molar refractivity (Wildman–Crippen MR) is 70.0 cm³/mol. The van der Waals surface area contributed by atoms with Gasteiger partial charge in [0.15, 0.2) is 5.69 Å². The predicted octanol–water partition coefficient (Wildman–Crippen LogP) is 2.65. The lowest BCUT2D eigenvalue weighted by Gasteiger charge is -2.30. The molecule has 4 nitrogen and oxygen atoms in total. The zero-order chi connectivity index (χ0) is 13.1. The zero-order valence-electron chi connectivity index (χ0n) is 10.9. The summed E-state index contributed by atoms with van der Waals surface area (Å²) in [6, 6.07) is 5.00. The molecule has 0 saturated heterocycles. The summed E-state index contributed by atoms with van der Waals surface area (Å²) in [6.07, 6.45) is 3.11. The van der Waals surface area contributed by atoms with Crippen LogP contribution in [0.2, 0.25) is 0 Å². The van der Waals surface area contributed by atoms with Crippen LogP contribution in [0.15, 0.2) is 18.2 Å². The highest BCUT2D eigenvalue weighted by atomic mass is 16.5. The molecular formula is C14H20N2O2. The Morgan fingerprint density at radius 2 is 1.94 bits per heavy atom. The number of ether oxygens (including phenoxy) is 1. The van der Waals surface area contributed by atoms with E-state index in [9.17, 15) is 4.79 Å². The molecule has 0 aliphatic heterocycles. The Hall–Kier alpha value is -1.58. The van der Waals surface area contributed by atoms with Gasteiger partial charge in [0.2, 0.25) is 0 Å². The Morgan fingerprint density at radius 1 is 1.28 bits per heavy atom. The summed E-state index contributed by atoms with van der Waals surface area (Å²) in [6.45, 7) is 4.41. The van der Waals surface area contributed by atoms with Gasteiger partial charge in [0.05, 0.1) is 0 Å². The van der Waals surface area contributed by atoms with Crippen LogP contribution in [0.1, 0.15) is 43.6 Å². The monoisotopic (exact) mass is 248 g/mol. The van der Waals surface area contributed by atoms with Crippen molar-refractivity contribution in [3.8, 4) is 0 Å². The van der Waals surface area contributed by atoms with Gasteiger partial charge in [0.1, 0.15) is 11.9 Å². The first kappa shape index (κ1) is 12.9. The van der Waals surface area contributed by atoms with E-state index in [-0.39, 0.29) is 12.1 Å². The van der Waals surface area contributed by atoms with Crippen molar-refractivity contribution in [2.24, 2.45) is 11.8 Å². The van der Waals surface area contributed by atoms with Gasteiger partial charge in [-0.05, 0) is 43.2 Å². The molecule has 0 aromatic carbocycles. The van der Waals surface area contributed by atoms with Crippen molar-refractivity contribution in [3.05, 3.63) is 23.9 Å². The van der Waals surface area contributed by atoms with Gasteiger partial charge in [-0.1, -0.05) is 19.9 Å². The molecule has 2 rings (SSSR count). The Morgan fingerprint density at radius 3 is 2.56 bits per heavy atom. The van der Waals surface area contributed by atoms with Crippen molar-refractivity contribution in [3.63, 3.8) is 0 Å². The van der Waals surface area contributed by atoms with E-state index in [1.165, 1.54) is 6.42 Å². The fraction of sp³-hybridized carbons (Fsp3) is 0.571. The van der Waals surface area contributed by atoms with Crippen LogP contribution in [-0.4, -0.2) is 17.1 Å². The average Bonchev–Trinajstić information content (AvgIpc) is 2.27. The third kappa shape index (κ3) is 3.22. The first-order valence-corrected chi connectivity index (χ1v) is 6.48. The van der Waals surface area contributed by atoms with Crippen molar-refractivity contribution in [2.45, 2.75) is 39.2 Å². The zero-order valence-corrected chi connectivity index (χ0v) is 10.9. The van der Waals surface area contributed by atoms with E-state index in [0.717, 1.165) is 12.8 Å². The molecule has 4 heteroatoms. The van der Waals surface area contributed by atoms with Crippen LogP contribution in [-0.2, 0) is 4.74 Å². The van der Waals surface area contributed by atoms with Crippen LogP contribution in [0.5, 0.6) is 0 Å². The fourth-order valence-corrected chi connectivity index (χ4v) is 2.75. The molecule has 2 N–H and O–H groups in total. The van der Waals surface area contributed by atoms with Crippen LogP contribution in [0.25, 0.3) is 0 Å². The van der Waals surface area contributed by atoms with Crippen molar-refractivity contribution in [1.29, 1.82) is 0 Å². The van der Waals surface area contributed by atoms with E-state index in [2.05, 4.69) is 18.8 Å². The quantitative estimate of drug-likeness (QED) is 0.817. The van der Waals surface area contributed by atoms with Crippen LogP contribution >= 0.6 is 0 Å². The third-order valence-corrected chi connectivity index (χ3v) is 3.39. The van der Waals surface area contributed by atoms with Crippen molar-refractivity contribution < 1.29 is 9.53 Å². The second-order valence-corrected chi connectivity index (χ2v) is 5.39. The molecule has 0 bridgehead atoms. The molecule has 1 fully saturated rings. The van der Waals surface area contributed by atoms with Crippen molar-refractivity contribution in [1.82, 2.24) is 4.98 Å². The normalized spacial score (nSPS) is 27.8. The van der Waals surface area contributed by atoms with Crippen LogP contribution < -0.4 is 5.73 Å². The molecule has 1 saturated carbocycles. The molecule has 18 heavy (non-hydrogen) atoms. The van der Waals surface area contributed by atoms with Gasteiger partial charge in [0, 0.05) is 0 Å². The highest BCUT2D eigenvalue weighted by Crippen LogP contribution is 2.30. The first-order chi connectivity index (χ1) is 8.54. The molecule has 98 valence electrons. The largest absolute Gasteiger partial charge is 0.458 e. The molecular weight excluding hydrogens is 228 g/mol. The molecule has 1 aliphatic rings. The van der Waals surface area contributed by atoms with E-state index < -0.39 is 0 Å². The maximum Gasteiger partial charge on any atom is 0.357 e. The van der Waals surface area contributed by atoms with E-state index >= 15 is 0 Å². The molecule has 1 aliphatic carbocycles. The summed E-state index contributed by atoms with van der Waals surface area (Å²) < 4.78 is 5.52. The van der Waals surface area contributed by atoms with E-state index in [1.54, 1.807) is 18.2 Å².